The Morgan fingerprint density at radius 3 is 2.67 bits per heavy atom. The molecule has 0 saturated heterocycles. The lowest BCUT2D eigenvalue weighted by molar-refractivity contribution is 0.176. The molecule has 18 heavy (non-hydrogen) atoms. The molecule has 94 valence electrons. The lowest BCUT2D eigenvalue weighted by Gasteiger charge is -2.11. The normalized spacial score (nSPS) is 12.2. The van der Waals surface area contributed by atoms with Gasteiger partial charge < -0.3 is 9.84 Å². The topological polar surface area (TPSA) is 42.4 Å². The first kappa shape index (κ1) is 12.5. The van der Waals surface area contributed by atoms with Crippen LogP contribution in [0.3, 0.4) is 0 Å². The molecule has 1 unspecified atom stereocenters. The molecule has 0 aliphatic heterocycles. The van der Waals surface area contributed by atoms with Gasteiger partial charge in [0.25, 0.3) is 0 Å². The van der Waals surface area contributed by atoms with Crippen molar-refractivity contribution in [2.75, 3.05) is 7.11 Å². The third-order valence-corrected chi connectivity index (χ3v) is 2.72. The summed E-state index contributed by atoms with van der Waals surface area (Å²) in [4.78, 5) is 4.01. The Balaban J connectivity index is 2.11. The molecule has 1 atom stereocenters. The van der Waals surface area contributed by atoms with Gasteiger partial charge >= 0.3 is 0 Å². The second-order valence-electron chi connectivity index (χ2n) is 3.95. The van der Waals surface area contributed by atoms with Crippen molar-refractivity contribution >= 4 is 0 Å². The zero-order valence-electron chi connectivity index (χ0n) is 10.0. The fourth-order valence-electron chi connectivity index (χ4n) is 1.70. The highest BCUT2D eigenvalue weighted by Gasteiger charge is 2.11. The van der Waals surface area contributed by atoms with Crippen LogP contribution in [0.5, 0.6) is 5.88 Å². The first-order chi connectivity index (χ1) is 8.70. The molecule has 0 amide bonds. The Bertz CT molecular complexity index is 513. The number of aliphatic hydroxyl groups is 1. The average molecular weight is 247 g/mol. The van der Waals surface area contributed by atoms with Crippen molar-refractivity contribution in [3.63, 3.8) is 0 Å². The van der Waals surface area contributed by atoms with E-state index in [0.29, 0.717) is 17.0 Å². The summed E-state index contributed by atoms with van der Waals surface area (Å²) in [5.41, 5.74) is 1.12. The van der Waals surface area contributed by atoms with Gasteiger partial charge in [-0.1, -0.05) is 18.2 Å². The Labute approximate surface area is 105 Å². The van der Waals surface area contributed by atoms with Crippen molar-refractivity contribution in [2.45, 2.75) is 12.5 Å². The molecule has 0 spiro atoms. The van der Waals surface area contributed by atoms with Gasteiger partial charge in [0.05, 0.1) is 13.2 Å². The molecule has 0 bridgehead atoms. The summed E-state index contributed by atoms with van der Waals surface area (Å²) in [7, 11) is 1.53. The van der Waals surface area contributed by atoms with E-state index in [1.54, 1.807) is 30.3 Å². The molecule has 2 rings (SSSR count). The predicted octanol–water partition coefficient (Wildman–Crippen LogP) is 2.51. The summed E-state index contributed by atoms with van der Waals surface area (Å²) >= 11 is 0. The number of nitrogens with zero attached hydrogens (tertiary/aromatic N) is 1. The van der Waals surface area contributed by atoms with E-state index < -0.39 is 6.10 Å². The zero-order chi connectivity index (χ0) is 13.0. The molecule has 1 N–H and O–H groups in total. The van der Waals surface area contributed by atoms with Crippen LogP contribution in [0.1, 0.15) is 17.2 Å². The monoisotopic (exact) mass is 247 g/mol. The number of benzene rings is 1. The van der Waals surface area contributed by atoms with E-state index in [1.165, 1.54) is 19.4 Å². The van der Waals surface area contributed by atoms with Gasteiger partial charge in [-0.25, -0.2) is 9.37 Å². The number of rotatable bonds is 4. The maximum absolute atomic E-state index is 13.4. The zero-order valence-corrected chi connectivity index (χ0v) is 10.0. The van der Waals surface area contributed by atoms with E-state index >= 15 is 0 Å². The average Bonchev–Trinajstić information content (AvgIpc) is 2.41. The Morgan fingerprint density at radius 1 is 1.28 bits per heavy atom. The third-order valence-electron chi connectivity index (χ3n) is 2.72. The second kappa shape index (κ2) is 5.60. The van der Waals surface area contributed by atoms with Gasteiger partial charge in [0.2, 0.25) is 5.88 Å². The molecular weight excluding hydrogens is 233 g/mol. The van der Waals surface area contributed by atoms with E-state index in [-0.39, 0.29) is 12.2 Å². The highest BCUT2D eigenvalue weighted by molar-refractivity contribution is 5.24. The minimum absolute atomic E-state index is 0.223. The summed E-state index contributed by atoms with van der Waals surface area (Å²) in [6.45, 7) is 0. The first-order valence-electron chi connectivity index (χ1n) is 5.62. The fourth-order valence-corrected chi connectivity index (χ4v) is 1.70. The summed E-state index contributed by atoms with van der Waals surface area (Å²) in [6, 6.07) is 9.80. The molecule has 0 saturated carbocycles. The maximum Gasteiger partial charge on any atom is 0.212 e. The van der Waals surface area contributed by atoms with Gasteiger partial charge in [-0.2, -0.15) is 0 Å². The standard InChI is InChI=1S/C14H14FNO2/c1-18-14-7-6-11(9-16-14)13(17)8-10-4-2-3-5-12(10)15/h2-7,9,13,17H,8H2,1H3. The molecule has 0 fully saturated rings. The van der Waals surface area contributed by atoms with Gasteiger partial charge in [-0.3, -0.25) is 0 Å². The van der Waals surface area contributed by atoms with Gasteiger partial charge in [-0.05, 0) is 23.3 Å². The molecule has 0 aliphatic carbocycles. The van der Waals surface area contributed by atoms with Gasteiger partial charge in [0.1, 0.15) is 5.82 Å². The number of ether oxygens (including phenoxy) is 1. The SMILES string of the molecule is COc1ccc(C(O)Cc2ccccc2F)cn1. The molecule has 0 radical (unpaired) electrons. The van der Waals surface area contributed by atoms with Crippen molar-refractivity contribution in [1.82, 2.24) is 4.98 Å². The van der Waals surface area contributed by atoms with Crippen LogP contribution in [0.4, 0.5) is 4.39 Å². The van der Waals surface area contributed by atoms with E-state index in [9.17, 15) is 9.50 Å². The van der Waals surface area contributed by atoms with Gasteiger partial charge in [0.15, 0.2) is 0 Å². The number of aliphatic hydroxyl groups excluding tert-OH is 1. The van der Waals surface area contributed by atoms with Crippen LogP contribution >= 0.6 is 0 Å². The number of hydrogen-bond donors (Lipinski definition) is 1. The summed E-state index contributed by atoms with van der Waals surface area (Å²) in [5.74, 6) is 0.176. The quantitative estimate of drug-likeness (QED) is 0.902. The second-order valence-corrected chi connectivity index (χ2v) is 3.95. The molecular formula is C14H14FNO2. The van der Waals surface area contributed by atoms with E-state index in [1.807, 2.05) is 0 Å². The van der Waals surface area contributed by atoms with Crippen molar-refractivity contribution in [3.05, 3.63) is 59.5 Å². The summed E-state index contributed by atoms with van der Waals surface area (Å²) < 4.78 is 18.4. The fraction of sp³-hybridized carbons (Fsp3) is 0.214. The molecule has 1 heterocycles. The predicted molar refractivity (Wildman–Crippen MR) is 65.9 cm³/mol. The molecule has 1 aromatic carbocycles. The van der Waals surface area contributed by atoms with Crippen molar-refractivity contribution in [3.8, 4) is 5.88 Å². The minimum Gasteiger partial charge on any atom is -0.481 e. The number of halogens is 1. The Hall–Kier alpha value is -1.94. The van der Waals surface area contributed by atoms with E-state index in [0.717, 1.165) is 0 Å². The molecule has 4 heteroatoms. The van der Waals surface area contributed by atoms with Gasteiger partial charge in [0, 0.05) is 18.7 Å². The maximum atomic E-state index is 13.4. The lowest BCUT2D eigenvalue weighted by Crippen LogP contribution is -2.04. The van der Waals surface area contributed by atoms with Crippen LogP contribution in [-0.2, 0) is 6.42 Å². The largest absolute Gasteiger partial charge is 0.481 e. The Morgan fingerprint density at radius 2 is 2.06 bits per heavy atom. The number of methoxy groups -OCH3 is 1. The number of pyridine rings is 1. The van der Waals surface area contributed by atoms with Crippen LogP contribution in [0.2, 0.25) is 0 Å². The molecule has 3 nitrogen and oxygen atoms in total. The van der Waals surface area contributed by atoms with Crippen LogP contribution in [0, 0.1) is 5.82 Å². The highest BCUT2D eigenvalue weighted by Crippen LogP contribution is 2.20. The first-order valence-corrected chi connectivity index (χ1v) is 5.62. The highest BCUT2D eigenvalue weighted by atomic mass is 19.1. The van der Waals surface area contributed by atoms with Crippen LogP contribution < -0.4 is 4.74 Å². The smallest absolute Gasteiger partial charge is 0.212 e. The van der Waals surface area contributed by atoms with Crippen molar-refractivity contribution < 1.29 is 14.2 Å². The number of aromatic nitrogens is 1. The Kier molecular flexibility index (Phi) is 3.89. The van der Waals surface area contributed by atoms with Crippen LogP contribution in [-0.4, -0.2) is 17.2 Å². The van der Waals surface area contributed by atoms with Crippen molar-refractivity contribution in [1.29, 1.82) is 0 Å². The van der Waals surface area contributed by atoms with E-state index in [2.05, 4.69) is 4.98 Å². The number of hydrogen-bond acceptors (Lipinski definition) is 3. The molecule has 0 aliphatic rings. The van der Waals surface area contributed by atoms with E-state index in [4.69, 9.17) is 4.74 Å². The van der Waals surface area contributed by atoms with Gasteiger partial charge in [-0.15, -0.1) is 0 Å². The minimum atomic E-state index is -0.777. The van der Waals surface area contributed by atoms with Crippen molar-refractivity contribution in [2.24, 2.45) is 0 Å². The third kappa shape index (κ3) is 2.84. The molecule has 1 aromatic heterocycles. The summed E-state index contributed by atoms with van der Waals surface area (Å²) in [5, 5.41) is 10.0. The molecule has 2 aromatic rings. The van der Waals surface area contributed by atoms with Crippen LogP contribution in [0.15, 0.2) is 42.6 Å². The summed E-state index contributed by atoms with van der Waals surface area (Å²) in [6.07, 6.45) is 0.977. The lowest BCUT2D eigenvalue weighted by atomic mass is 10.0. The van der Waals surface area contributed by atoms with Crippen LogP contribution in [0.25, 0.3) is 0 Å².